The van der Waals surface area contributed by atoms with Gasteiger partial charge in [0.2, 0.25) is 0 Å². The van der Waals surface area contributed by atoms with E-state index < -0.39 is 21.4 Å². The smallest absolute Gasteiger partial charge is 0.506 e. The highest BCUT2D eigenvalue weighted by Crippen LogP contribution is 2.28. The van der Waals surface area contributed by atoms with Gasteiger partial charge in [-0.1, -0.05) is 0 Å². The van der Waals surface area contributed by atoms with Crippen molar-refractivity contribution in [2.45, 2.75) is 5.51 Å². The van der Waals surface area contributed by atoms with Crippen LogP contribution < -0.4 is 4.72 Å². The Morgan fingerprint density at radius 1 is 1.21 bits per heavy atom. The largest absolute Gasteiger partial charge is 0.516 e. The molecule has 0 spiro atoms. The highest BCUT2D eigenvalue weighted by molar-refractivity contribution is 14.1. The Hall–Kier alpha value is -0.310. The number of nitrogens with one attached hydrogen (secondary N) is 1. The van der Waals surface area contributed by atoms with Gasteiger partial charge in [0.15, 0.2) is 0 Å². The molecule has 106 valence electrons. The minimum atomic E-state index is -5.75. The zero-order chi connectivity index (χ0) is 15.0. The summed E-state index contributed by atoms with van der Waals surface area (Å²) in [6.45, 7) is 0. The molecule has 0 bridgehead atoms. The third-order valence-corrected chi connectivity index (χ3v) is 4.52. The van der Waals surface area contributed by atoms with Crippen LogP contribution in [0.5, 0.6) is 5.75 Å². The summed E-state index contributed by atoms with van der Waals surface area (Å²) >= 11 is 3.31. The van der Waals surface area contributed by atoms with E-state index in [0.717, 1.165) is 16.9 Å². The first-order valence-corrected chi connectivity index (χ1v) is 7.91. The van der Waals surface area contributed by atoms with Crippen molar-refractivity contribution in [3.8, 4) is 5.75 Å². The predicted molar refractivity (Wildman–Crippen MR) is 76.0 cm³/mol. The maximum atomic E-state index is 12.1. The second kappa shape index (κ2) is 5.59. The van der Waals surface area contributed by atoms with Crippen LogP contribution >= 0.6 is 45.2 Å². The van der Waals surface area contributed by atoms with Crippen molar-refractivity contribution in [1.29, 1.82) is 0 Å². The van der Waals surface area contributed by atoms with Crippen molar-refractivity contribution in [3.63, 3.8) is 0 Å². The minimum absolute atomic E-state index is 0.142. The molecule has 0 radical (unpaired) electrons. The number of alkyl halides is 3. The summed E-state index contributed by atoms with van der Waals surface area (Å²) in [5.74, 6) is -1.57. The first kappa shape index (κ1) is 16.7. The molecule has 0 aromatic heterocycles. The number of hydrogen-bond donors (Lipinski definition) is 2. The fourth-order valence-electron chi connectivity index (χ4n) is 0.935. The van der Waals surface area contributed by atoms with E-state index in [1.165, 1.54) is 0 Å². The number of phenolic OH excluding ortho intramolecular Hbond substituents is 1. The van der Waals surface area contributed by atoms with Gasteiger partial charge in [-0.3, -0.25) is 4.79 Å². The molecule has 1 aromatic rings. The summed E-state index contributed by atoms with van der Waals surface area (Å²) in [7, 11) is -5.75. The Morgan fingerprint density at radius 3 is 2.00 bits per heavy atom. The summed E-state index contributed by atoms with van der Waals surface area (Å²) in [5.41, 5.74) is -5.88. The molecule has 1 rings (SSSR count). The molecule has 1 amide bonds. The fourth-order valence-corrected chi connectivity index (χ4v) is 3.18. The number of benzene rings is 1. The van der Waals surface area contributed by atoms with Crippen LogP contribution in [-0.2, 0) is 10.0 Å². The van der Waals surface area contributed by atoms with Crippen molar-refractivity contribution >= 4 is 61.1 Å². The van der Waals surface area contributed by atoms with Crippen molar-refractivity contribution in [1.82, 2.24) is 4.72 Å². The SMILES string of the molecule is O=C(NS(=O)(=O)C(F)(F)F)c1cc(I)c(O)c(I)c1. The van der Waals surface area contributed by atoms with Gasteiger partial charge in [-0.2, -0.15) is 21.6 Å². The summed E-state index contributed by atoms with van der Waals surface area (Å²) in [4.78, 5) is 11.4. The van der Waals surface area contributed by atoms with Crippen LogP contribution in [0.2, 0.25) is 0 Å². The quantitative estimate of drug-likeness (QED) is 0.586. The maximum Gasteiger partial charge on any atom is 0.516 e. The molecule has 19 heavy (non-hydrogen) atoms. The lowest BCUT2D eigenvalue weighted by molar-refractivity contribution is -0.0446. The number of carbonyl (C=O) groups excluding carboxylic acids is 1. The molecular weight excluding hydrogens is 517 g/mol. The number of amides is 1. The predicted octanol–water partition coefficient (Wildman–Crippen LogP) is 2.18. The van der Waals surface area contributed by atoms with Crippen LogP contribution in [0.15, 0.2) is 12.1 Å². The second-order valence-electron chi connectivity index (χ2n) is 3.17. The summed E-state index contributed by atoms with van der Waals surface area (Å²) < 4.78 is 59.1. The normalized spacial score (nSPS) is 12.3. The highest BCUT2D eigenvalue weighted by atomic mass is 127. The van der Waals surface area contributed by atoms with Gasteiger partial charge in [0.05, 0.1) is 7.14 Å². The highest BCUT2D eigenvalue weighted by Gasteiger charge is 2.47. The van der Waals surface area contributed by atoms with E-state index in [4.69, 9.17) is 0 Å². The topological polar surface area (TPSA) is 83.5 Å². The molecule has 0 heterocycles. The van der Waals surface area contributed by atoms with Gasteiger partial charge in [0.1, 0.15) is 5.75 Å². The number of hydrogen-bond acceptors (Lipinski definition) is 4. The van der Waals surface area contributed by atoms with Crippen molar-refractivity contribution in [2.75, 3.05) is 0 Å². The molecule has 0 saturated heterocycles. The summed E-state index contributed by atoms with van der Waals surface area (Å²) in [5, 5.41) is 9.43. The number of rotatable bonds is 2. The lowest BCUT2D eigenvalue weighted by atomic mass is 10.2. The maximum absolute atomic E-state index is 12.1. The van der Waals surface area contributed by atoms with Crippen molar-refractivity contribution in [2.24, 2.45) is 0 Å². The van der Waals surface area contributed by atoms with Gasteiger partial charge in [-0.15, -0.1) is 0 Å². The molecule has 0 aliphatic carbocycles. The van der Waals surface area contributed by atoms with E-state index in [1.54, 1.807) is 45.2 Å². The third kappa shape index (κ3) is 3.84. The zero-order valence-electron chi connectivity index (χ0n) is 8.62. The Kier molecular flexibility index (Phi) is 4.93. The molecule has 0 unspecified atom stereocenters. The first-order valence-electron chi connectivity index (χ1n) is 4.27. The molecule has 0 saturated carbocycles. The molecule has 0 aliphatic rings. The molecule has 1 aromatic carbocycles. The number of carbonyl (C=O) groups is 1. The van der Waals surface area contributed by atoms with Gasteiger partial charge < -0.3 is 5.11 Å². The van der Waals surface area contributed by atoms with E-state index in [-0.39, 0.29) is 18.5 Å². The second-order valence-corrected chi connectivity index (χ2v) is 7.17. The first-order chi connectivity index (χ1) is 8.45. The minimum Gasteiger partial charge on any atom is -0.506 e. The Labute approximate surface area is 132 Å². The molecule has 0 atom stereocenters. The number of sulfonamides is 1. The van der Waals surface area contributed by atoms with Crippen molar-refractivity contribution < 1.29 is 31.5 Å². The molecular formula is C8H4F3I2NO4S. The standard InChI is InChI=1S/C8H4F3I2NO4S/c9-8(10,11)19(17,18)14-7(16)3-1-4(12)6(15)5(13)2-3/h1-2,15H,(H,14,16). The van der Waals surface area contributed by atoms with Gasteiger partial charge in [-0.25, -0.2) is 4.72 Å². The Balaban J connectivity index is 3.11. The summed E-state index contributed by atoms with van der Waals surface area (Å²) in [6, 6.07) is 2.14. The lowest BCUT2D eigenvalue weighted by Gasteiger charge is -2.10. The zero-order valence-corrected chi connectivity index (χ0v) is 13.8. The molecule has 0 fully saturated rings. The molecule has 2 N–H and O–H groups in total. The van der Waals surface area contributed by atoms with Gasteiger partial charge in [-0.05, 0) is 57.3 Å². The van der Waals surface area contributed by atoms with E-state index in [2.05, 4.69) is 0 Å². The van der Waals surface area contributed by atoms with Crippen LogP contribution in [-0.4, -0.2) is 24.9 Å². The molecule has 0 aliphatic heterocycles. The van der Waals surface area contributed by atoms with E-state index in [1.807, 2.05) is 0 Å². The van der Waals surface area contributed by atoms with Gasteiger partial charge in [0.25, 0.3) is 5.91 Å². The van der Waals surface area contributed by atoms with Crippen LogP contribution in [0, 0.1) is 7.14 Å². The Bertz CT molecular complexity index is 606. The monoisotopic (exact) mass is 521 g/mol. The number of halogens is 5. The van der Waals surface area contributed by atoms with Crippen molar-refractivity contribution in [3.05, 3.63) is 24.8 Å². The van der Waals surface area contributed by atoms with Crippen LogP contribution in [0.1, 0.15) is 10.4 Å². The summed E-state index contributed by atoms with van der Waals surface area (Å²) in [6.07, 6.45) is 0. The van der Waals surface area contributed by atoms with Crippen LogP contribution in [0.4, 0.5) is 13.2 Å². The Morgan fingerprint density at radius 2 is 1.63 bits per heavy atom. The lowest BCUT2D eigenvalue weighted by Crippen LogP contribution is -2.40. The molecule has 5 nitrogen and oxygen atoms in total. The third-order valence-electron chi connectivity index (χ3n) is 1.81. The average Bonchev–Trinajstić information content (AvgIpc) is 2.22. The van der Waals surface area contributed by atoms with Gasteiger partial charge in [0, 0.05) is 5.56 Å². The number of aromatic hydroxyl groups is 1. The van der Waals surface area contributed by atoms with E-state index >= 15 is 0 Å². The van der Waals surface area contributed by atoms with Crippen LogP contribution in [0.3, 0.4) is 0 Å². The van der Waals surface area contributed by atoms with Crippen LogP contribution in [0.25, 0.3) is 0 Å². The number of phenols is 1. The average molecular weight is 521 g/mol. The molecule has 11 heteroatoms. The fraction of sp³-hybridized carbons (Fsp3) is 0.125. The van der Waals surface area contributed by atoms with E-state index in [0.29, 0.717) is 0 Å². The van der Waals surface area contributed by atoms with E-state index in [9.17, 15) is 31.5 Å². The van der Waals surface area contributed by atoms with Gasteiger partial charge >= 0.3 is 15.5 Å².